The molecule has 6 heteroatoms. The van der Waals surface area contributed by atoms with Crippen molar-refractivity contribution in [3.05, 3.63) is 76.4 Å². The Bertz CT molecular complexity index is 925. The number of anilines is 3. The number of ketones is 1. The fourth-order valence-electron chi connectivity index (χ4n) is 2.46. The summed E-state index contributed by atoms with van der Waals surface area (Å²) >= 11 is 6.18. The van der Waals surface area contributed by atoms with Gasteiger partial charge in [0.15, 0.2) is 5.78 Å². The highest BCUT2D eigenvalue weighted by molar-refractivity contribution is 6.31. The van der Waals surface area contributed by atoms with Gasteiger partial charge in [0.25, 0.3) is 0 Å². The molecule has 0 fully saturated rings. The molecule has 0 aliphatic carbocycles. The third kappa shape index (κ3) is 4.58. The monoisotopic (exact) mass is 366 g/mol. The Balaban J connectivity index is 1.73. The highest BCUT2D eigenvalue weighted by atomic mass is 35.5. The summed E-state index contributed by atoms with van der Waals surface area (Å²) in [6.45, 7) is 4.00. The fourth-order valence-corrected chi connectivity index (χ4v) is 2.67. The van der Waals surface area contributed by atoms with Gasteiger partial charge in [-0.1, -0.05) is 29.8 Å². The summed E-state index contributed by atoms with van der Waals surface area (Å²) in [5, 5.41) is 7.14. The Hall–Kier alpha value is -2.92. The second-order valence-electron chi connectivity index (χ2n) is 5.92. The molecule has 0 bridgehead atoms. The van der Waals surface area contributed by atoms with Gasteiger partial charge in [-0.05, 0) is 49.7 Å². The molecule has 3 rings (SSSR count). The molecule has 2 N–H and O–H groups in total. The molecule has 0 saturated heterocycles. The SMILES string of the molecule is CC(=O)c1ccc(Nc2cc(C)nc(NCc3ccccc3Cl)n2)cc1. The smallest absolute Gasteiger partial charge is 0.225 e. The Labute approximate surface area is 157 Å². The first kappa shape index (κ1) is 17.9. The average molecular weight is 367 g/mol. The third-order valence-corrected chi connectivity index (χ3v) is 4.18. The van der Waals surface area contributed by atoms with Gasteiger partial charge < -0.3 is 10.6 Å². The Morgan fingerprint density at radius 1 is 1.08 bits per heavy atom. The number of benzene rings is 2. The van der Waals surface area contributed by atoms with Crippen molar-refractivity contribution in [1.29, 1.82) is 0 Å². The minimum absolute atomic E-state index is 0.0421. The van der Waals surface area contributed by atoms with Gasteiger partial charge in [0, 0.05) is 34.6 Å². The molecule has 3 aromatic rings. The van der Waals surface area contributed by atoms with E-state index in [0.717, 1.165) is 16.9 Å². The van der Waals surface area contributed by atoms with Crippen molar-refractivity contribution >= 4 is 34.8 Å². The number of nitrogens with one attached hydrogen (secondary N) is 2. The maximum atomic E-state index is 11.4. The molecule has 1 aromatic heterocycles. The largest absolute Gasteiger partial charge is 0.350 e. The molecule has 0 aliphatic rings. The molecular weight excluding hydrogens is 348 g/mol. The molecule has 0 amide bonds. The maximum Gasteiger partial charge on any atom is 0.225 e. The second kappa shape index (κ2) is 7.97. The highest BCUT2D eigenvalue weighted by Gasteiger charge is 2.05. The summed E-state index contributed by atoms with van der Waals surface area (Å²) in [7, 11) is 0. The molecule has 0 radical (unpaired) electrons. The predicted octanol–water partition coefficient (Wildman–Crippen LogP) is 5.00. The van der Waals surface area contributed by atoms with Gasteiger partial charge in [0.1, 0.15) is 5.82 Å². The Morgan fingerprint density at radius 3 is 2.50 bits per heavy atom. The summed E-state index contributed by atoms with van der Waals surface area (Å²) in [6.07, 6.45) is 0. The molecule has 1 heterocycles. The van der Waals surface area contributed by atoms with Gasteiger partial charge >= 0.3 is 0 Å². The van der Waals surface area contributed by atoms with Crippen molar-refractivity contribution in [2.75, 3.05) is 10.6 Å². The normalized spacial score (nSPS) is 10.4. The molecule has 5 nitrogen and oxygen atoms in total. The van der Waals surface area contributed by atoms with Gasteiger partial charge in [-0.3, -0.25) is 4.79 Å². The summed E-state index contributed by atoms with van der Waals surface area (Å²) in [4.78, 5) is 20.3. The number of aromatic nitrogens is 2. The standard InChI is InChI=1S/C20H19ClN4O/c1-13-11-19(24-17-9-7-15(8-10-17)14(2)26)25-20(23-13)22-12-16-5-3-4-6-18(16)21/h3-11H,12H2,1-2H3,(H2,22,23,24,25). The number of nitrogens with zero attached hydrogens (tertiary/aromatic N) is 2. The van der Waals surface area contributed by atoms with Crippen LogP contribution < -0.4 is 10.6 Å². The number of carbonyl (C=O) groups is 1. The summed E-state index contributed by atoms with van der Waals surface area (Å²) in [6, 6.07) is 16.8. The molecule has 0 aliphatic heterocycles. The molecule has 132 valence electrons. The van der Waals surface area contributed by atoms with Gasteiger partial charge in [-0.15, -0.1) is 0 Å². The van der Waals surface area contributed by atoms with Crippen LogP contribution in [0.25, 0.3) is 0 Å². The lowest BCUT2D eigenvalue weighted by atomic mass is 10.1. The zero-order valence-electron chi connectivity index (χ0n) is 14.6. The van der Waals surface area contributed by atoms with Crippen LogP contribution in [0.15, 0.2) is 54.6 Å². The van der Waals surface area contributed by atoms with Crippen LogP contribution in [0.1, 0.15) is 28.5 Å². The van der Waals surface area contributed by atoms with E-state index in [1.807, 2.05) is 49.4 Å². The van der Waals surface area contributed by atoms with Crippen LogP contribution in [0.2, 0.25) is 5.02 Å². The lowest BCUT2D eigenvalue weighted by Crippen LogP contribution is -2.06. The first-order chi connectivity index (χ1) is 12.5. The van der Waals surface area contributed by atoms with E-state index >= 15 is 0 Å². The van der Waals surface area contributed by atoms with Gasteiger partial charge in [-0.25, -0.2) is 4.98 Å². The van der Waals surface area contributed by atoms with Crippen molar-refractivity contribution in [1.82, 2.24) is 9.97 Å². The zero-order chi connectivity index (χ0) is 18.5. The predicted molar refractivity (Wildman–Crippen MR) is 105 cm³/mol. The lowest BCUT2D eigenvalue weighted by Gasteiger charge is -2.11. The summed E-state index contributed by atoms with van der Waals surface area (Å²) in [5.41, 5.74) is 3.35. The van der Waals surface area contributed by atoms with Crippen LogP contribution >= 0.6 is 11.6 Å². The van der Waals surface area contributed by atoms with Gasteiger partial charge in [0.05, 0.1) is 0 Å². The van der Waals surface area contributed by atoms with Crippen molar-refractivity contribution in [2.45, 2.75) is 20.4 Å². The van der Waals surface area contributed by atoms with E-state index in [1.54, 1.807) is 19.1 Å². The number of carbonyl (C=O) groups excluding carboxylic acids is 1. The van der Waals surface area contributed by atoms with Crippen LogP contribution in [-0.2, 0) is 6.54 Å². The number of Topliss-reactive ketones (excluding diaryl/α,β-unsaturated/α-hetero) is 1. The van der Waals surface area contributed by atoms with E-state index < -0.39 is 0 Å². The first-order valence-corrected chi connectivity index (χ1v) is 8.60. The lowest BCUT2D eigenvalue weighted by molar-refractivity contribution is 0.101. The topological polar surface area (TPSA) is 66.9 Å². The number of hydrogen-bond acceptors (Lipinski definition) is 5. The summed E-state index contributed by atoms with van der Waals surface area (Å²) < 4.78 is 0. The quantitative estimate of drug-likeness (QED) is 0.601. The molecule has 0 saturated carbocycles. The fraction of sp³-hybridized carbons (Fsp3) is 0.150. The molecule has 0 unspecified atom stereocenters. The van der Waals surface area contributed by atoms with Crippen LogP contribution in [0.3, 0.4) is 0 Å². The van der Waals surface area contributed by atoms with E-state index in [9.17, 15) is 4.79 Å². The zero-order valence-corrected chi connectivity index (χ0v) is 15.3. The van der Waals surface area contributed by atoms with Gasteiger partial charge in [-0.2, -0.15) is 4.98 Å². The van der Waals surface area contributed by atoms with E-state index in [1.165, 1.54) is 0 Å². The number of halogens is 1. The van der Waals surface area contributed by atoms with Gasteiger partial charge in [0.2, 0.25) is 5.95 Å². The van der Waals surface area contributed by atoms with E-state index in [2.05, 4.69) is 20.6 Å². The number of aryl methyl sites for hydroxylation is 1. The molecule has 26 heavy (non-hydrogen) atoms. The van der Waals surface area contributed by atoms with Crippen LogP contribution in [-0.4, -0.2) is 15.8 Å². The number of hydrogen-bond donors (Lipinski definition) is 2. The van der Waals surface area contributed by atoms with Crippen molar-refractivity contribution in [2.24, 2.45) is 0 Å². The van der Waals surface area contributed by atoms with Crippen LogP contribution in [0.4, 0.5) is 17.5 Å². The molecular formula is C20H19ClN4O. The first-order valence-electron chi connectivity index (χ1n) is 8.22. The second-order valence-corrected chi connectivity index (χ2v) is 6.33. The molecule has 2 aromatic carbocycles. The Morgan fingerprint density at radius 2 is 1.81 bits per heavy atom. The molecule has 0 atom stereocenters. The molecule has 0 spiro atoms. The van der Waals surface area contributed by atoms with E-state index in [4.69, 9.17) is 11.6 Å². The van der Waals surface area contributed by atoms with Crippen molar-refractivity contribution in [3.8, 4) is 0 Å². The number of rotatable bonds is 6. The summed E-state index contributed by atoms with van der Waals surface area (Å²) in [5.74, 6) is 1.24. The van der Waals surface area contributed by atoms with E-state index in [0.29, 0.717) is 28.9 Å². The third-order valence-electron chi connectivity index (χ3n) is 3.81. The maximum absolute atomic E-state index is 11.4. The highest BCUT2D eigenvalue weighted by Crippen LogP contribution is 2.19. The van der Waals surface area contributed by atoms with Crippen molar-refractivity contribution in [3.63, 3.8) is 0 Å². The van der Waals surface area contributed by atoms with Crippen LogP contribution in [0, 0.1) is 6.92 Å². The van der Waals surface area contributed by atoms with Crippen LogP contribution in [0.5, 0.6) is 0 Å². The average Bonchev–Trinajstić information content (AvgIpc) is 2.61. The minimum Gasteiger partial charge on any atom is -0.350 e. The Kier molecular flexibility index (Phi) is 5.49. The van der Waals surface area contributed by atoms with E-state index in [-0.39, 0.29) is 5.78 Å². The van der Waals surface area contributed by atoms with Crippen molar-refractivity contribution < 1.29 is 4.79 Å². The minimum atomic E-state index is 0.0421.